The van der Waals surface area contributed by atoms with Crippen molar-refractivity contribution < 1.29 is 17.9 Å². The van der Waals surface area contributed by atoms with Crippen LogP contribution in [0.25, 0.3) is 11.4 Å². The molecule has 2 fully saturated rings. The normalized spacial score (nSPS) is 17.7. The highest BCUT2D eigenvalue weighted by molar-refractivity contribution is 7.88. The van der Waals surface area contributed by atoms with E-state index in [0.29, 0.717) is 75.9 Å². The minimum Gasteiger partial charge on any atom is -0.399 e. The van der Waals surface area contributed by atoms with Gasteiger partial charge in [-0.2, -0.15) is 19.3 Å². The minimum atomic E-state index is -3.25. The maximum atomic E-state index is 12.7. The second kappa shape index (κ2) is 9.85. The highest BCUT2D eigenvalue weighted by Gasteiger charge is 2.26. The number of nitrogen functional groups attached to an aromatic ring is 1. The zero-order chi connectivity index (χ0) is 23.4. The van der Waals surface area contributed by atoms with Gasteiger partial charge < -0.3 is 25.6 Å². The molecule has 12 nitrogen and oxygen atoms in total. The predicted octanol–water partition coefficient (Wildman–Crippen LogP) is -0.527. The molecule has 0 saturated carbocycles. The number of hydrogen-bond donors (Lipinski definition) is 2. The third kappa shape index (κ3) is 5.86. The van der Waals surface area contributed by atoms with Gasteiger partial charge in [-0.25, -0.2) is 8.42 Å². The molecule has 4 rings (SSSR count). The fourth-order valence-electron chi connectivity index (χ4n) is 3.65. The Labute approximate surface area is 192 Å². The average molecular weight is 477 g/mol. The minimum absolute atomic E-state index is 0.00732. The number of carbonyl (C=O) groups is 1. The van der Waals surface area contributed by atoms with Crippen LogP contribution in [-0.2, 0) is 19.6 Å². The molecule has 1 aromatic heterocycles. The van der Waals surface area contributed by atoms with Crippen molar-refractivity contribution in [2.45, 2.75) is 0 Å². The van der Waals surface area contributed by atoms with Crippen molar-refractivity contribution in [1.82, 2.24) is 24.2 Å². The average Bonchev–Trinajstić information content (AvgIpc) is 2.83. The number of ether oxygens (including phenoxy) is 1. The molecule has 3 heterocycles. The third-order valence-electron chi connectivity index (χ3n) is 5.54. The zero-order valence-electron chi connectivity index (χ0n) is 18.5. The summed E-state index contributed by atoms with van der Waals surface area (Å²) in [6, 6.07) is 7.23. The van der Waals surface area contributed by atoms with Crippen LogP contribution >= 0.6 is 0 Å². The molecule has 178 valence electrons. The number of rotatable bonds is 6. The first-order valence-electron chi connectivity index (χ1n) is 10.7. The fourth-order valence-corrected chi connectivity index (χ4v) is 4.47. The monoisotopic (exact) mass is 476 g/mol. The molecular formula is C20H28N8O4S. The summed E-state index contributed by atoms with van der Waals surface area (Å²) in [5.41, 5.74) is 7.22. The van der Waals surface area contributed by atoms with E-state index in [0.717, 1.165) is 5.56 Å². The van der Waals surface area contributed by atoms with Crippen molar-refractivity contribution >= 4 is 33.5 Å². The van der Waals surface area contributed by atoms with E-state index in [1.165, 1.54) is 10.6 Å². The number of morpholine rings is 1. The van der Waals surface area contributed by atoms with E-state index >= 15 is 0 Å². The lowest BCUT2D eigenvalue weighted by atomic mass is 10.2. The van der Waals surface area contributed by atoms with Gasteiger partial charge in [-0.15, -0.1) is 0 Å². The van der Waals surface area contributed by atoms with Crippen LogP contribution < -0.4 is 16.0 Å². The summed E-state index contributed by atoms with van der Waals surface area (Å²) in [6.07, 6.45) is 1.18. The Morgan fingerprint density at radius 3 is 2.33 bits per heavy atom. The van der Waals surface area contributed by atoms with Crippen molar-refractivity contribution in [1.29, 1.82) is 0 Å². The molecule has 1 aromatic carbocycles. The number of hydrogen-bond acceptors (Lipinski definition) is 10. The van der Waals surface area contributed by atoms with Crippen molar-refractivity contribution in [3.8, 4) is 11.4 Å². The van der Waals surface area contributed by atoms with Crippen LogP contribution in [0, 0.1) is 0 Å². The van der Waals surface area contributed by atoms with E-state index in [2.05, 4.69) is 20.3 Å². The maximum Gasteiger partial charge on any atom is 0.242 e. The Morgan fingerprint density at radius 1 is 1.03 bits per heavy atom. The summed E-state index contributed by atoms with van der Waals surface area (Å²) in [5, 5.41) is 3.02. The number of nitrogens with zero attached hydrogens (tertiary/aromatic N) is 6. The summed E-state index contributed by atoms with van der Waals surface area (Å²) in [5.74, 6) is 1.13. The molecule has 13 heteroatoms. The summed E-state index contributed by atoms with van der Waals surface area (Å²) in [6.45, 7) is 3.76. The van der Waals surface area contributed by atoms with Crippen molar-refractivity contribution in [2.24, 2.45) is 0 Å². The molecular weight excluding hydrogens is 448 g/mol. The number of nitrogens with one attached hydrogen (secondary N) is 1. The summed E-state index contributed by atoms with van der Waals surface area (Å²) >= 11 is 0. The molecule has 0 bridgehead atoms. The van der Waals surface area contributed by atoms with E-state index in [1.807, 2.05) is 17.0 Å². The number of aromatic nitrogens is 3. The van der Waals surface area contributed by atoms with Gasteiger partial charge in [0.05, 0.1) is 26.0 Å². The molecule has 2 saturated heterocycles. The first-order valence-corrected chi connectivity index (χ1v) is 12.6. The Balaban J connectivity index is 1.47. The molecule has 0 aliphatic carbocycles. The predicted molar refractivity (Wildman–Crippen MR) is 124 cm³/mol. The van der Waals surface area contributed by atoms with E-state index < -0.39 is 10.0 Å². The van der Waals surface area contributed by atoms with E-state index in [1.54, 1.807) is 17.0 Å². The van der Waals surface area contributed by atoms with Gasteiger partial charge in [0.2, 0.25) is 27.8 Å². The number of piperazine rings is 1. The van der Waals surface area contributed by atoms with E-state index in [4.69, 9.17) is 10.5 Å². The summed E-state index contributed by atoms with van der Waals surface area (Å²) < 4.78 is 30.1. The smallest absolute Gasteiger partial charge is 0.242 e. The van der Waals surface area contributed by atoms with E-state index in [9.17, 15) is 13.2 Å². The van der Waals surface area contributed by atoms with Crippen LogP contribution in [0.2, 0.25) is 0 Å². The quantitative estimate of drug-likeness (QED) is 0.522. The molecule has 0 spiro atoms. The molecule has 0 radical (unpaired) electrons. The first kappa shape index (κ1) is 23.1. The third-order valence-corrected chi connectivity index (χ3v) is 6.85. The van der Waals surface area contributed by atoms with Gasteiger partial charge in [-0.1, -0.05) is 0 Å². The molecule has 0 atom stereocenters. The van der Waals surface area contributed by atoms with Gasteiger partial charge in [-0.3, -0.25) is 4.79 Å². The largest absolute Gasteiger partial charge is 0.399 e. The van der Waals surface area contributed by atoms with Gasteiger partial charge in [-0.05, 0) is 24.3 Å². The first-order chi connectivity index (χ1) is 15.8. The van der Waals surface area contributed by atoms with Gasteiger partial charge in [0.1, 0.15) is 0 Å². The van der Waals surface area contributed by atoms with Crippen LogP contribution in [0.3, 0.4) is 0 Å². The van der Waals surface area contributed by atoms with Gasteiger partial charge in [0, 0.05) is 50.5 Å². The Bertz CT molecular complexity index is 1080. The second-order valence-electron chi connectivity index (χ2n) is 7.90. The van der Waals surface area contributed by atoms with Crippen LogP contribution in [-0.4, -0.2) is 104 Å². The van der Waals surface area contributed by atoms with Gasteiger partial charge >= 0.3 is 0 Å². The van der Waals surface area contributed by atoms with Crippen LogP contribution in [0.1, 0.15) is 0 Å². The Hall–Kier alpha value is -3.03. The molecule has 2 aliphatic heterocycles. The molecule has 0 unspecified atom stereocenters. The molecule has 1 amide bonds. The summed E-state index contributed by atoms with van der Waals surface area (Å²) in [7, 11) is -3.25. The highest BCUT2D eigenvalue weighted by Crippen LogP contribution is 2.21. The van der Waals surface area contributed by atoms with Crippen LogP contribution in [0.15, 0.2) is 24.3 Å². The van der Waals surface area contributed by atoms with Crippen molar-refractivity contribution in [3.05, 3.63) is 24.3 Å². The van der Waals surface area contributed by atoms with Crippen LogP contribution in [0.4, 0.5) is 17.6 Å². The van der Waals surface area contributed by atoms with Crippen molar-refractivity contribution in [3.63, 3.8) is 0 Å². The number of anilines is 3. The Morgan fingerprint density at radius 2 is 1.70 bits per heavy atom. The van der Waals surface area contributed by atoms with Gasteiger partial charge in [0.15, 0.2) is 5.82 Å². The zero-order valence-corrected chi connectivity index (χ0v) is 19.3. The lowest BCUT2D eigenvalue weighted by Gasteiger charge is -2.33. The standard InChI is InChI=1S/C20H28N8O4S/c1-33(30,31)28-8-6-26(7-9-28)17(29)14-22-19-23-18(15-2-4-16(21)5-3-15)24-20(25-19)27-10-12-32-13-11-27/h2-5H,6-14,21H2,1H3,(H,22,23,24,25). The van der Waals surface area contributed by atoms with E-state index in [-0.39, 0.29) is 12.5 Å². The molecule has 2 aromatic rings. The fraction of sp³-hybridized carbons (Fsp3) is 0.500. The number of amides is 1. The number of carbonyl (C=O) groups excluding carboxylic acids is 1. The lowest BCUT2D eigenvalue weighted by Crippen LogP contribution is -2.51. The molecule has 2 aliphatic rings. The SMILES string of the molecule is CS(=O)(=O)N1CCN(C(=O)CNc2nc(-c3ccc(N)cc3)nc(N3CCOCC3)n2)CC1. The topological polar surface area (TPSA) is 147 Å². The van der Waals surface area contributed by atoms with Crippen molar-refractivity contribution in [2.75, 3.05) is 81.2 Å². The van der Waals surface area contributed by atoms with Gasteiger partial charge in [0.25, 0.3) is 0 Å². The summed E-state index contributed by atoms with van der Waals surface area (Å²) in [4.78, 5) is 30.0. The number of benzene rings is 1. The maximum absolute atomic E-state index is 12.7. The highest BCUT2D eigenvalue weighted by atomic mass is 32.2. The molecule has 3 N–H and O–H groups in total. The second-order valence-corrected chi connectivity index (χ2v) is 9.88. The van der Waals surface area contributed by atoms with Crippen LogP contribution in [0.5, 0.6) is 0 Å². The lowest BCUT2D eigenvalue weighted by molar-refractivity contribution is -0.130. The number of nitrogens with two attached hydrogens (primary N) is 1. The Kier molecular flexibility index (Phi) is 6.91. The molecule has 33 heavy (non-hydrogen) atoms. The number of sulfonamides is 1.